The van der Waals surface area contributed by atoms with E-state index in [1.807, 2.05) is 59.6 Å². The van der Waals surface area contributed by atoms with Crippen molar-refractivity contribution in [1.82, 2.24) is 14.8 Å². The Balaban J connectivity index is 1.30. The molecule has 7 nitrogen and oxygen atoms in total. The molecule has 0 atom stereocenters. The van der Waals surface area contributed by atoms with Gasteiger partial charge in [-0.15, -0.1) is 0 Å². The summed E-state index contributed by atoms with van der Waals surface area (Å²) >= 11 is 0. The van der Waals surface area contributed by atoms with Gasteiger partial charge in [0.25, 0.3) is 0 Å². The highest BCUT2D eigenvalue weighted by Crippen LogP contribution is 2.28. The number of rotatable bonds is 9. The normalized spacial score (nSPS) is 12.6. The number of nitrogens with zero attached hydrogens (tertiary/aromatic N) is 3. The molecule has 1 heterocycles. The number of fused-ring (bicyclic) bond motifs is 1. The van der Waals surface area contributed by atoms with Crippen LogP contribution in [0.3, 0.4) is 0 Å². The second-order valence-electron chi connectivity index (χ2n) is 9.39. The van der Waals surface area contributed by atoms with E-state index in [-0.39, 0.29) is 24.5 Å². The van der Waals surface area contributed by atoms with Crippen LogP contribution in [0.4, 0.5) is 10.5 Å². The number of hydrogen-bond donors (Lipinski definition) is 2. The van der Waals surface area contributed by atoms with Gasteiger partial charge in [-0.2, -0.15) is 5.26 Å². The van der Waals surface area contributed by atoms with Crippen molar-refractivity contribution in [2.75, 3.05) is 18.4 Å². The van der Waals surface area contributed by atoms with Gasteiger partial charge in [-0.25, -0.2) is 4.79 Å². The van der Waals surface area contributed by atoms with Crippen molar-refractivity contribution in [2.24, 2.45) is 0 Å². The van der Waals surface area contributed by atoms with Gasteiger partial charge in [0, 0.05) is 41.9 Å². The van der Waals surface area contributed by atoms with Crippen LogP contribution in [0.25, 0.3) is 10.9 Å². The molecule has 7 heteroatoms. The molecule has 186 valence electrons. The summed E-state index contributed by atoms with van der Waals surface area (Å²) in [6.07, 6.45) is 4.50. The Morgan fingerprint density at radius 2 is 1.70 bits per heavy atom. The molecule has 1 aliphatic rings. The zero-order chi connectivity index (χ0) is 25.6. The zero-order valence-corrected chi connectivity index (χ0v) is 20.6. The van der Waals surface area contributed by atoms with Crippen LogP contribution < -0.4 is 5.32 Å². The molecule has 2 N–H and O–H groups in total. The van der Waals surface area contributed by atoms with Crippen molar-refractivity contribution in [3.8, 4) is 6.07 Å². The van der Waals surface area contributed by atoms with E-state index in [2.05, 4.69) is 22.4 Å². The third-order valence-corrected chi connectivity index (χ3v) is 6.71. The lowest BCUT2D eigenvalue weighted by molar-refractivity contribution is -0.132. The highest BCUT2D eigenvalue weighted by atomic mass is 16.2. The highest BCUT2D eigenvalue weighted by Gasteiger charge is 2.35. The molecule has 5 rings (SSSR count). The average molecular weight is 492 g/mol. The Morgan fingerprint density at radius 3 is 2.43 bits per heavy atom. The summed E-state index contributed by atoms with van der Waals surface area (Å²) in [5, 5.41) is 13.1. The molecule has 3 aromatic carbocycles. The number of nitriles is 1. The Bertz CT molecular complexity index is 1420. The third kappa shape index (κ3) is 5.99. The molecule has 4 aromatic rings. The fourth-order valence-electron chi connectivity index (χ4n) is 4.51. The molecule has 0 radical (unpaired) electrons. The van der Waals surface area contributed by atoms with E-state index in [1.165, 1.54) is 5.56 Å². The molecule has 0 aliphatic heterocycles. The van der Waals surface area contributed by atoms with E-state index in [1.54, 1.807) is 29.2 Å². The summed E-state index contributed by atoms with van der Waals surface area (Å²) in [5.74, 6) is -0.0782. The maximum Gasteiger partial charge on any atom is 0.322 e. The molecule has 1 aliphatic carbocycles. The Morgan fingerprint density at radius 1 is 0.973 bits per heavy atom. The second-order valence-corrected chi connectivity index (χ2v) is 9.39. The van der Waals surface area contributed by atoms with E-state index in [0.717, 1.165) is 29.3 Å². The van der Waals surface area contributed by atoms with Crippen LogP contribution in [-0.2, 0) is 17.8 Å². The molecule has 0 unspecified atom stereocenters. The number of nitrogens with one attached hydrogen (secondary N) is 2. The highest BCUT2D eigenvalue weighted by molar-refractivity contribution is 5.93. The number of urea groups is 1. The number of para-hydroxylation sites is 1. The second kappa shape index (κ2) is 11.0. The number of amides is 3. The van der Waals surface area contributed by atoms with E-state index < -0.39 is 0 Å². The van der Waals surface area contributed by atoms with Crippen LogP contribution >= 0.6 is 0 Å². The quantitative estimate of drug-likeness (QED) is 0.332. The summed E-state index contributed by atoms with van der Waals surface area (Å²) in [7, 11) is 0. The van der Waals surface area contributed by atoms with Crippen molar-refractivity contribution in [1.29, 1.82) is 5.26 Å². The maximum atomic E-state index is 13.6. The minimum absolute atomic E-state index is 0.0213. The first-order chi connectivity index (χ1) is 18.1. The van der Waals surface area contributed by atoms with Gasteiger partial charge in [-0.3, -0.25) is 4.79 Å². The maximum absolute atomic E-state index is 13.6. The molecule has 0 bridgehead atoms. The van der Waals surface area contributed by atoms with Gasteiger partial charge in [-0.1, -0.05) is 48.5 Å². The standard InChI is InChI=1S/C30H29N5O2/c31-18-22-10-12-25(13-11-22)33-30(37)35(26-14-15-26)21-29(36)34(20-23-6-2-1-3-7-23)17-16-24-19-32-28-9-5-4-8-27(24)28/h1-13,19,26,32H,14-17,20-21H2,(H,33,37). The molecular formula is C30H29N5O2. The van der Waals surface area contributed by atoms with Gasteiger partial charge in [0.2, 0.25) is 5.91 Å². The summed E-state index contributed by atoms with van der Waals surface area (Å²) in [5.41, 5.74) is 4.42. The first kappa shape index (κ1) is 24.1. The van der Waals surface area contributed by atoms with Crippen LogP contribution in [0.5, 0.6) is 0 Å². The molecule has 0 spiro atoms. The lowest BCUT2D eigenvalue weighted by Gasteiger charge is -2.28. The van der Waals surface area contributed by atoms with E-state index in [4.69, 9.17) is 5.26 Å². The van der Waals surface area contributed by atoms with Crippen LogP contribution in [-0.4, -0.2) is 45.9 Å². The molecule has 37 heavy (non-hydrogen) atoms. The SMILES string of the molecule is N#Cc1ccc(NC(=O)N(CC(=O)N(CCc2c[nH]c3ccccc23)Cc2ccccc2)C2CC2)cc1. The fourth-order valence-corrected chi connectivity index (χ4v) is 4.51. The van der Waals surface area contributed by atoms with Crippen molar-refractivity contribution in [3.05, 3.63) is 102 Å². The summed E-state index contributed by atoms with van der Waals surface area (Å²) < 4.78 is 0. The third-order valence-electron chi connectivity index (χ3n) is 6.71. The predicted octanol–water partition coefficient (Wildman–Crippen LogP) is 5.31. The molecule has 0 saturated heterocycles. The lowest BCUT2D eigenvalue weighted by Crippen LogP contribution is -2.45. The molecule has 1 fully saturated rings. The number of carbonyl (C=O) groups is 2. The van der Waals surface area contributed by atoms with Gasteiger partial charge in [0.1, 0.15) is 6.54 Å². The van der Waals surface area contributed by atoms with Crippen LogP contribution in [0.1, 0.15) is 29.5 Å². The van der Waals surface area contributed by atoms with E-state index in [9.17, 15) is 9.59 Å². The number of anilines is 1. The first-order valence-corrected chi connectivity index (χ1v) is 12.5. The predicted molar refractivity (Wildman–Crippen MR) is 144 cm³/mol. The number of benzene rings is 3. The van der Waals surface area contributed by atoms with E-state index in [0.29, 0.717) is 30.8 Å². The van der Waals surface area contributed by atoms with Crippen molar-refractivity contribution in [3.63, 3.8) is 0 Å². The largest absolute Gasteiger partial charge is 0.361 e. The smallest absolute Gasteiger partial charge is 0.322 e. The Hall–Kier alpha value is -4.57. The molecule has 3 amide bonds. The van der Waals surface area contributed by atoms with Gasteiger partial charge >= 0.3 is 6.03 Å². The topological polar surface area (TPSA) is 92.2 Å². The monoisotopic (exact) mass is 491 g/mol. The van der Waals surface area contributed by atoms with Crippen LogP contribution in [0.15, 0.2) is 85.1 Å². The fraction of sp³-hybridized carbons (Fsp3) is 0.233. The summed E-state index contributed by atoms with van der Waals surface area (Å²) in [6, 6.07) is 26.7. The van der Waals surface area contributed by atoms with Crippen molar-refractivity contribution >= 4 is 28.5 Å². The number of H-pyrrole nitrogens is 1. The van der Waals surface area contributed by atoms with Crippen molar-refractivity contribution < 1.29 is 9.59 Å². The zero-order valence-electron chi connectivity index (χ0n) is 20.6. The van der Waals surface area contributed by atoms with Gasteiger partial charge in [0.15, 0.2) is 0 Å². The number of aromatic amines is 1. The van der Waals surface area contributed by atoms with Crippen LogP contribution in [0, 0.1) is 11.3 Å². The van der Waals surface area contributed by atoms with E-state index >= 15 is 0 Å². The van der Waals surface area contributed by atoms with Crippen molar-refractivity contribution in [2.45, 2.75) is 31.8 Å². The van der Waals surface area contributed by atoms with Crippen LogP contribution in [0.2, 0.25) is 0 Å². The Labute approximate surface area is 216 Å². The molecule has 1 aromatic heterocycles. The lowest BCUT2D eigenvalue weighted by atomic mass is 10.1. The number of carbonyl (C=O) groups excluding carboxylic acids is 2. The summed E-state index contributed by atoms with van der Waals surface area (Å²) in [6.45, 7) is 1.05. The Kier molecular flexibility index (Phi) is 7.18. The molecule has 1 saturated carbocycles. The minimum atomic E-state index is -0.295. The van der Waals surface area contributed by atoms with Gasteiger partial charge < -0.3 is 20.1 Å². The molecular weight excluding hydrogens is 462 g/mol. The number of aromatic nitrogens is 1. The minimum Gasteiger partial charge on any atom is -0.361 e. The van der Waals surface area contributed by atoms with Gasteiger partial charge in [-0.05, 0) is 60.7 Å². The van der Waals surface area contributed by atoms with Gasteiger partial charge in [0.05, 0.1) is 11.6 Å². The number of hydrogen-bond acceptors (Lipinski definition) is 3. The first-order valence-electron chi connectivity index (χ1n) is 12.5. The summed E-state index contributed by atoms with van der Waals surface area (Å²) in [4.78, 5) is 33.5. The average Bonchev–Trinajstić information content (AvgIpc) is 3.69.